The molecule has 1 N–H and O–H groups in total. The minimum absolute atomic E-state index is 0.345. The van der Waals surface area contributed by atoms with E-state index in [1.807, 2.05) is 0 Å². The minimum Gasteiger partial charge on any atom is -0.481 e. The van der Waals surface area contributed by atoms with Gasteiger partial charge in [0.2, 0.25) is 0 Å². The summed E-state index contributed by atoms with van der Waals surface area (Å²) in [5.41, 5.74) is 0. The Balaban J connectivity index is 3.04. The Kier molecular flexibility index (Phi) is 27.5. The number of rotatable bonds is 27. The molecule has 0 bridgehead atoms. The van der Waals surface area contributed by atoms with Crippen LogP contribution in [0.3, 0.4) is 0 Å². The lowest BCUT2D eigenvalue weighted by molar-refractivity contribution is -0.137. The zero-order chi connectivity index (χ0) is 23.4. The molecule has 0 spiro atoms. The van der Waals surface area contributed by atoms with E-state index in [4.69, 9.17) is 5.11 Å². The highest BCUT2D eigenvalue weighted by atomic mass is 16.4. The highest BCUT2D eigenvalue weighted by Crippen LogP contribution is 2.15. The van der Waals surface area contributed by atoms with Crippen molar-refractivity contribution in [3.63, 3.8) is 0 Å². The summed E-state index contributed by atoms with van der Waals surface area (Å²) < 4.78 is 0. The van der Waals surface area contributed by atoms with Gasteiger partial charge in [-0.15, -0.1) is 0 Å². The van der Waals surface area contributed by atoms with Gasteiger partial charge in [0.25, 0.3) is 0 Å². The summed E-state index contributed by atoms with van der Waals surface area (Å²) in [6.07, 6.45) is 39.0. The van der Waals surface area contributed by atoms with Crippen molar-refractivity contribution in [3.8, 4) is 0 Å². The Labute approximate surface area is 202 Å². The Morgan fingerprint density at radius 3 is 1.06 bits per heavy atom. The number of carboxylic acids is 1. The SMILES string of the molecule is CCCCCC=CCCCCCCCCCCCCCCCCCCCCCCC(=O)O. The molecule has 0 aromatic rings. The number of unbranched alkanes of at least 4 members (excludes halogenated alkanes) is 23. The van der Waals surface area contributed by atoms with E-state index in [1.54, 1.807) is 0 Å². The van der Waals surface area contributed by atoms with Gasteiger partial charge in [0.15, 0.2) is 0 Å². The van der Waals surface area contributed by atoms with Crippen LogP contribution in [0.2, 0.25) is 0 Å². The van der Waals surface area contributed by atoms with Gasteiger partial charge in [-0.3, -0.25) is 4.79 Å². The Morgan fingerprint density at radius 1 is 0.469 bits per heavy atom. The molecule has 0 fully saturated rings. The first-order valence-corrected chi connectivity index (χ1v) is 14.6. The number of aliphatic carboxylic acids is 1. The van der Waals surface area contributed by atoms with E-state index in [1.165, 1.54) is 148 Å². The molecule has 32 heavy (non-hydrogen) atoms. The van der Waals surface area contributed by atoms with Crippen molar-refractivity contribution in [2.45, 2.75) is 174 Å². The van der Waals surface area contributed by atoms with Crippen LogP contribution in [0.5, 0.6) is 0 Å². The molecule has 0 heterocycles. The predicted octanol–water partition coefficient (Wildman–Crippen LogP) is 10.8. The topological polar surface area (TPSA) is 37.3 Å². The number of hydrogen-bond acceptors (Lipinski definition) is 1. The predicted molar refractivity (Wildman–Crippen MR) is 142 cm³/mol. The van der Waals surface area contributed by atoms with Gasteiger partial charge < -0.3 is 5.11 Å². The standard InChI is InChI=1S/C30H58O2/c1-2-3-4-5-6-7-8-9-10-11-12-13-14-15-16-17-18-19-20-21-22-23-24-25-26-27-28-29-30(31)32/h6-7H,2-5,8-29H2,1H3,(H,31,32). The van der Waals surface area contributed by atoms with Crippen LogP contribution < -0.4 is 0 Å². The maximum absolute atomic E-state index is 10.4. The number of carboxylic acid groups (broad SMARTS) is 1. The summed E-state index contributed by atoms with van der Waals surface area (Å²) in [5, 5.41) is 8.60. The van der Waals surface area contributed by atoms with Crippen LogP contribution in [0, 0.1) is 0 Å². The molecule has 0 radical (unpaired) electrons. The number of hydrogen-bond donors (Lipinski definition) is 1. The highest BCUT2D eigenvalue weighted by Gasteiger charge is 1.97. The molecule has 0 aromatic carbocycles. The van der Waals surface area contributed by atoms with E-state index < -0.39 is 5.97 Å². The maximum Gasteiger partial charge on any atom is 0.303 e. The first-order chi connectivity index (χ1) is 15.8. The van der Waals surface area contributed by atoms with E-state index in [-0.39, 0.29) is 0 Å². The van der Waals surface area contributed by atoms with Gasteiger partial charge in [0.05, 0.1) is 0 Å². The maximum atomic E-state index is 10.4. The van der Waals surface area contributed by atoms with Crippen molar-refractivity contribution < 1.29 is 9.90 Å². The molecular weight excluding hydrogens is 392 g/mol. The molecule has 0 unspecified atom stereocenters. The van der Waals surface area contributed by atoms with E-state index >= 15 is 0 Å². The zero-order valence-corrected chi connectivity index (χ0v) is 21.9. The first-order valence-electron chi connectivity index (χ1n) is 14.6. The van der Waals surface area contributed by atoms with Crippen molar-refractivity contribution >= 4 is 5.97 Å². The monoisotopic (exact) mass is 450 g/mol. The van der Waals surface area contributed by atoms with Crippen LogP contribution in [-0.2, 0) is 4.79 Å². The lowest BCUT2D eigenvalue weighted by Gasteiger charge is -2.04. The first kappa shape index (κ1) is 31.2. The fourth-order valence-corrected chi connectivity index (χ4v) is 4.47. The molecular formula is C30H58O2. The molecule has 0 amide bonds. The summed E-state index contributed by atoms with van der Waals surface area (Å²) in [7, 11) is 0. The van der Waals surface area contributed by atoms with Gasteiger partial charge >= 0.3 is 5.97 Å². The van der Waals surface area contributed by atoms with Gasteiger partial charge in [0, 0.05) is 6.42 Å². The Hall–Kier alpha value is -0.790. The second kappa shape index (κ2) is 28.2. The van der Waals surface area contributed by atoms with Crippen LogP contribution in [-0.4, -0.2) is 11.1 Å². The van der Waals surface area contributed by atoms with E-state index in [9.17, 15) is 4.79 Å². The molecule has 0 saturated heterocycles. The number of allylic oxidation sites excluding steroid dienone is 2. The van der Waals surface area contributed by atoms with E-state index in [2.05, 4.69) is 19.1 Å². The average molecular weight is 451 g/mol. The van der Waals surface area contributed by atoms with Gasteiger partial charge in [0.1, 0.15) is 0 Å². The van der Waals surface area contributed by atoms with Gasteiger partial charge in [-0.05, 0) is 32.1 Å². The van der Waals surface area contributed by atoms with Gasteiger partial charge in [-0.1, -0.05) is 147 Å². The zero-order valence-electron chi connectivity index (χ0n) is 21.9. The van der Waals surface area contributed by atoms with Crippen LogP contribution in [0.15, 0.2) is 12.2 Å². The lowest BCUT2D eigenvalue weighted by Crippen LogP contribution is -1.93. The van der Waals surface area contributed by atoms with Crippen molar-refractivity contribution in [2.24, 2.45) is 0 Å². The Morgan fingerprint density at radius 2 is 0.750 bits per heavy atom. The molecule has 0 aliphatic heterocycles. The average Bonchev–Trinajstić information content (AvgIpc) is 2.78. The van der Waals surface area contributed by atoms with E-state index in [0.29, 0.717) is 6.42 Å². The van der Waals surface area contributed by atoms with Gasteiger partial charge in [-0.2, -0.15) is 0 Å². The molecule has 0 saturated carbocycles. The fourth-order valence-electron chi connectivity index (χ4n) is 4.47. The molecule has 190 valence electrons. The molecule has 0 aromatic heterocycles. The second-order valence-electron chi connectivity index (χ2n) is 9.97. The molecule has 2 heteroatoms. The second-order valence-corrected chi connectivity index (χ2v) is 9.97. The summed E-state index contributed by atoms with van der Waals surface area (Å²) in [4.78, 5) is 10.4. The van der Waals surface area contributed by atoms with Gasteiger partial charge in [-0.25, -0.2) is 0 Å². The summed E-state index contributed by atoms with van der Waals surface area (Å²) >= 11 is 0. The van der Waals surface area contributed by atoms with E-state index in [0.717, 1.165) is 12.8 Å². The largest absolute Gasteiger partial charge is 0.481 e. The summed E-state index contributed by atoms with van der Waals surface area (Å²) in [6, 6.07) is 0. The molecule has 0 aliphatic carbocycles. The molecule has 0 aliphatic rings. The van der Waals surface area contributed by atoms with Crippen molar-refractivity contribution in [1.82, 2.24) is 0 Å². The van der Waals surface area contributed by atoms with Crippen molar-refractivity contribution in [1.29, 1.82) is 0 Å². The lowest BCUT2D eigenvalue weighted by atomic mass is 10.0. The third-order valence-electron chi connectivity index (χ3n) is 6.65. The smallest absolute Gasteiger partial charge is 0.303 e. The van der Waals surface area contributed by atoms with Crippen LogP contribution in [0.25, 0.3) is 0 Å². The molecule has 0 atom stereocenters. The third kappa shape index (κ3) is 29.2. The van der Waals surface area contributed by atoms with Crippen LogP contribution in [0.4, 0.5) is 0 Å². The highest BCUT2D eigenvalue weighted by molar-refractivity contribution is 5.66. The van der Waals surface area contributed by atoms with Crippen molar-refractivity contribution in [2.75, 3.05) is 0 Å². The fraction of sp³-hybridized carbons (Fsp3) is 0.900. The third-order valence-corrected chi connectivity index (χ3v) is 6.65. The van der Waals surface area contributed by atoms with Crippen molar-refractivity contribution in [3.05, 3.63) is 12.2 Å². The summed E-state index contributed by atoms with van der Waals surface area (Å²) in [6.45, 7) is 2.27. The molecule has 0 rings (SSSR count). The minimum atomic E-state index is -0.650. The quantitative estimate of drug-likeness (QED) is 0.0997. The normalized spacial score (nSPS) is 11.5. The van der Waals surface area contributed by atoms with Crippen LogP contribution >= 0.6 is 0 Å². The number of carbonyl (C=O) groups is 1. The summed E-state index contributed by atoms with van der Waals surface area (Å²) in [5.74, 6) is -0.650. The van der Waals surface area contributed by atoms with Crippen LogP contribution in [0.1, 0.15) is 174 Å². The Bertz CT molecular complexity index is 388. The molecule has 2 nitrogen and oxygen atoms in total.